The highest BCUT2D eigenvalue weighted by Gasteiger charge is 2.25. The number of nitrogens with zero attached hydrogens (tertiary/aromatic N) is 1. The van der Waals surface area contributed by atoms with Crippen LogP contribution in [0.25, 0.3) is 0 Å². The van der Waals surface area contributed by atoms with Crippen LogP contribution < -0.4 is 5.73 Å². The van der Waals surface area contributed by atoms with Crippen LogP contribution in [0.15, 0.2) is 18.2 Å². The van der Waals surface area contributed by atoms with Gasteiger partial charge < -0.3 is 5.73 Å². The second-order valence-electron chi connectivity index (χ2n) is 5.60. The molecular formula is C15H24N2. The molecule has 0 saturated heterocycles. The van der Waals surface area contributed by atoms with Gasteiger partial charge in [-0.3, -0.25) is 4.90 Å². The van der Waals surface area contributed by atoms with Crippen LogP contribution in [0.5, 0.6) is 0 Å². The molecule has 0 heterocycles. The molecule has 2 N–H and O–H groups in total. The van der Waals surface area contributed by atoms with Gasteiger partial charge in [0.15, 0.2) is 0 Å². The van der Waals surface area contributed by atoms with Crippen molar-refractivity contribution in [2.24, 2.45) is 5.92 Å². The Kier molecular flexibility index (Phi) is 3.72. The van der Waals surface area contributed by atoms with Crippen molar-refractivity contribution in [3.8, 4) is 0 Å². The summed E-state index contributed by atoms with van der Waals surface area (Å²) in [6.07, 6.45) is 2.83. The lowest BCUT2D eigenvalue weighted by Gasteiger charge is -2.27. The van der Waals surface area contributed by atoms with E-state index in [1.807, 2.05) is 6.07 Å². The van der Waals surface area contributed by atoms with E-state index in [1.54, 1.807) is 0 Å². The van der Waals surface area contributed by atoms with E-state index in [0.29, 0.717) is 6.04 Å². The fourth-order valence-corrected chi connectivity index (χ4v) is 2.18. The van der Waals surface area contributed by atoms with Crippen LogP contribution in [-0.2, 0) is 6.54 Å². The van der Waals surface area contributed by atoms with Crippen molar-refractivity contribution >= 4 is 5.69 Å². The van der Waals surface area contributed by atoms with E-state index in [0.717, 1.165) is 18.2 Å². The average molecular weight is 232 g/mol. The maximum atomic E-state index is 5.97. The Morgan fingerprint density at radius 2 is 2.06 bits per heavy atom. The fraction of sp³-hybridized carbons (Fsp3) is 0.600. The third kappa shape index (κ3) is 3.22. The van der Waals surface area contributed by atoms with Crippen molar-refractivity contribution in [3.63, 3.8) is 0 Å². The summed E-state index contributed by atoms with van der Waals surface area (Å²) in [5, 5.41) is 0. The van der Waals surface area contributed by atoms with Crippen LogP contribution in [0, 0.1) is 12.8 Å². The first kappa shape index (κ1) is 12.4. The largest absolute Gasteiger partial charge is 0.399 e. The molecule has 1 aliphatic rings. The van der Waals surface area contributed by atoms with Gasteiger partial charge in [0.05, 0.1) is 0 Å². The number of nitrogens with two attached hydrogens (primary N) is 1. The quantitative estimate of drug-likeness (QED) is 0.790. The molecule has 1 aliphatic carbocycles. The molecule has 1 aromatic carbocycles. The van der Waals surface area contributed by atoms with Gasteiger partial charge in [0.1, 0.15) is 0 Å². The predicted octanol–water partition coefficient (Wildman–Crippen LogP) is 3.20. The normalized spacial score (nSPS) is 15.8. The highest BCUT2D eigenvalue weighted by molar-refractivity contribution is 5.49. The maximum absolute atomic E-state index is 5.97. The second kappa shape index (κ2) is 5.09. The molecule has 1 aromatic rings. The summed E-state index contributed by atoms with van der Waals surface area (Å²) >= 11 is 0. The summed E-state index contributed by atoms with van der Waals surface area (Å²) in [6, 6.07) is 6.86. The number of rotatable bonds is 5. The minimum Gasteiger partial charge on any atom is -0.399 e. The van der Waals surface area contributed by atoms with Crippen molar-refractivity contribution in [1.82, 2.24) is 4.90 Å². The van der Waals surface area contributed by atoms with Gasteiger partial charge in [-0.25, -0.2) is 0 Å². The lowest BCUT2D eigenvalue weighted by atomic mass is 10.1. The number of anilines is 1. The molecule has 0 radical (unpaired) electrons. The first-order valence-electron chi connectivity index (χ1n) is 6.66. The van der Waals surface area contributed by atoms with Crippen LogP contribution in [0.1, 0.15) is 37.8 Å². The van der Waals surface area contributed by atoms with Crippen molar-refractivity contribution in [2.45, 2.75) is 46.2 Å². The van der Waals surface area contributed by atoms with E-state index in [1.165, 1.54) is 30.5 Å². The zero-order valence-corrected chi connectivity index (χ0v) is 11.2. The standard InChI is InChI=1S/C15H24N2/c1-11(2)17(9-13-7-8-13)10-14-5-4-6-15(16)12(14)3/h4-6,11,13H,7-10,16H2,1-3H3. The van der Waals surface area contributed by atoms with E-state index in [9.17, 15) is 0 Å². The van der Waals surface area contributed by atoms with Crippen molar-refractivity contribution in [2.75, 3.05) is 12.3 Å². The highest BCUT2D eigenvalue weighted by atomic mass is 15.1. The molecule has 0 atom stereocenters. The number of nitrogen functional groups attached to an aromatic ring is 1. The van der Waals surface area contributed by atoms with Gasteiger partial charge in [0.25, 0.3) is 0 Å². The van der Waals surface area contributed by atoms with Gasteiger partial charge >= 0.3 is 0 Å². The first-order valence-corrected chi connectivity index (χ1v) is 6.66. The van der Waals surface area contributed by atoms with E-state index in [2.05, 4.69) is 37.8 Å². The van der Waals surface area contributed by atoms with Gasteiger partial charge in [-0.05, 0) is 56.7 Å². The third-order valence-corrected chi connectivity index (χ3v) is 3.78. The molecule has 0 unspecified atom stereocenters. The summed E-state index contributed by atoms with van der Waals surface area (Å²) in [4.78, 5) is 2.57. The Balaban J connectivity index is 2.07. The minimum absolute atomic E-state index is 0.608. The number of benzene rings is 1. The number of hydrogen-bond acceptors (Lipinski definition) is 2. The van der Waals surface area contributed by atoms with Gasteiger partial charge in [0, 0.05) is 24.8 Å². The van der Waals surface area contributed by atoms with Crippen LogP contribution in [0.2, 0.25) is 0 Å². The molecule has 0 aliphatic heterocycles. The Morgan fingerprint density at radius 1 is 1.35 bits per heavy atom. The number of hydrogen-bond donors (Lipinski definition) is 1. The van der Waals surface area contributed by atoms with E-state index < -0.39 is 0 Å². The van der Waals surface area contributed by atoms with Gasteiger partial charge in [-0.1, -0.05) is 12.1 Å². The minimum atomic E-state index is 0.608. The van der Waals surface area contributed by atoms with Crippen LogP contribution in [0.4, 0.5) is 5.69 Å². The van der Waals surface area contributed by atoms with Gasteiger partial charge in [0.2, 0.25) is 0 Å². The predicted molar refractivity (Wildman–Crippen MR) is 73.9 cm³/mol. The topological polar surface area (TPSA) is 29.3 Å². The zero-order valence-electron chi connectivity index (χ0n) is 11.2. The molecule has 0 amide bonds. The maximum Gasteiger partial charge on any atom is 0.0346 e. The van der Waals surface area contributed by atoms with Crippen LogP contribution in [-0.4, -0.2) is 17.5 Å². The Morgan fingerprint density at radius 3 is 2.65 bits per heavy atom. The molecule has 1 saturated carbocycles. The smallest absolute Gasteiger partial charge is 0.0346 e. The third-order valence-electron chi connectivity index (χ3n) is 3.78. The van der Waals surface area contributed by atoms with Crippen LogP contribution >= 0.6 is 0 Å². The first-order chi connectivity index (χ1) is 8.08. The average Bonchev–Trinajstić information content (AvgIpc) is 3.07. The lowest BCUT2D eigenvalue weighted by molar-refractivity contribution is 0.203. The zero-order chi connectivity index (χ0) is 12.4. The lowest BCUT2D eigenvalue weighted by Crippen LogP contribution is -2.32. The Hall–Kier alpha value is -1.02. The summed E-state index contributed by atoms with van der Waals surface area (Å²) in [5.74, 6) is 0.943. The van der Waals surface area contributed by atoms with Gasteiger partial charge in [-0.15, -0.1) is 0 Å². The van der Waals surface area contributed by atoms with Gasteiger partial charge in [-0.2, -0.15) is 0 Å². The summed E-state index contributed by atoms with van der Waals surface area (Å²) in [5.41, 5.74) is 9.50. The Labute approximate surface area is 105 Å². The molecule has 2 heteroatoms. The fourth-order valence-electron chi connectivity index (χ4n) is 2.18. The van der Waals surface area contributed by atoms with Crippen molar-refractivity contribution in [1.29, 1.82) is 0 Å². The molecule has 94 valence electrons. The van der Waals surface area contributed by atoms with Crippen molar-refractivity contribution < 1.29 is 0 Å². The monoisotopic (exact) mass is 232 g/mol. The molecule has 2 nitrogen and oxygen atoms in total. The second-order valence-corrected chi connectivity index (χ2v) is 5.60. The van der Waals surface area contributed by atoms with E-state index >= 15 is 0 Å². The SMILES string of the molecule is Cc1c(N)cccc1CN(CC1CC1)C(C)C. The molecule has 0 aromatic heterocycles. The highest BCUT2D eigenvalue weighted by Crippen LogP contribution is 2.31. The van der Waals surface area contributed by atoms with Crippen molar-refractivity contribution in [3.05, 3.63) is 29.3 Å². The van der Waals surface area contributed by atoms with E-state index in [-0.39, 0.29) is 0 Å². The molecule has 1 fully saturated rings. The molecule has 0 spiro atoms. The summed E-state index contributed by atoms with van der Waals surface area (Å²) in [6.45, 7) is 8.96. The molecular weight excluding hydrogens is 208 g/mol. The molecule has 0 bridgehead atoms. The van der Waals surface area contributed by atoms with E-state index in [4.69, 9.17) is 5.73 Å². The molecule has 17 heavy (non-hydrogen) atoms. The van der Waals surface area contributed by atoms with Crippen LogP contribution in [0.3, 0.4) is 0 Å². The summed E-state index contributed by atoms with van der Waals surface area (Å²) < 4.78 is 0. The summed E-state index contributed by atoms with van der Waals surface area (Å²) in [7, 11) is 0. The Bertz CT molecular complexity index is 381. The molecule has 2 rings (SSSR count).